The number of methoxy groups -OCH3 is 1. The summed E-state index contributed by atoms with van der Waals surface area (Å²) in [6.45, 7) is 0. The number of aromatic nitrogens is 1. The van der Waals surface area contributed by atoms with Crippen molar-refractivity contribution in [3.8, 4) is 5.75 Å². The van der Waals surface area contributed by atoms with Gasteiger partial charge < -0.3 is 10.1 Å². The fraction of sp³-hybridized carbons (Fsp3) is 0.0667. The SMILES string of the molecule is COc1ccccc1C=CC(=O)Nc1ccc(Cl)cn1. The van der Waals surface area contributed by atoms with E-state index >= 15 is 0 Å². The highest BCUT2D eigenvalue weighted by Crippen LogP contribution is 2.18. The van der Waals surface area contributed by atoms with Crippen LogP contribution < -0.4 is 10.1 Å². The predicted octanol–water partition coefficient (Wildman–Crippen LogP) is 3.40. The molecule has 0 radical (unpaired) electrons. The molecule has 0 aliphatic rings. The van der Waals surface area contributed by atoms with Crippen molar-refractivity contribution in [3.63, 3.8) is 0 Å². The van der Waals surface area contributed by atoms with Gasteiger partial charge in [-0.2, -0.15) is 0 Å². The van der Waals surface area contributed by atoms with Crippen LogP contribution in [0.1, 0.15) is 5.56 Å². The minimum absolute atomic E-state index is 0.272. The first-order valence-electron chi connectivity index (χ1n) is 5.92. The molecule has 0 saturated heterocycles. The van der Waals surface area contributed by atoms with Crippen molar-refractivity contribution in [2.24, 2.45) is 0 Å². The van der Waals surface area contributed by atoms with Gasteiger partial charge in [-0.3, -0.25) is 4.79 Å². The number of carbonyl (C=O) groups is 1. The molecule has 2 aromatic rings. The zero-order chi connectivity index (χ0) is 14.4. The van der Waals surface area contributed by atoms with E-state index in [1.165, 1.54) is 12.3 Å². The molecule has 0 saturated carbocycles. The van der Waals surface area contributed by atoms with E-state index in [9.17, 15) is 4.79 Å². The Morgan fingerprint density at radius 3 is 2.80 bits per heavy atom. The first-order chi connectivity index (χ1) is 9.69. The molecular weight excluding hydrogens is 276 g/mol. The average Bonchev–Trinajstić information content (AvgIpc) is 2.48. The second kappa shape index (κ2) is 6.73. The van der Waals surface area contributed by atoms with E-state index < -0.39 is 0 Å². The number of amides is 1. The highest BCUT2D eigenvalue weighted by Gasteiger charge is 2.01. The normalized spacial score (nSPS) is 10.5. The number of hydrogen-bond donors (Lipinski definition) is 1. The average molecular weight is 289 g/mol. The number of para-hydroxylation sites is 1. The summed E-state index contributed by atoms with van der Waals surface area (Å²) in [6.07, 6.45) is 4.58. The molecule has 1 amide bonds. The lowest BCUT2D eigenvalue weighted by molar-refractivity contribution is -0.111. The van der Waals surface area contributed by atoms with Gasteiger partial charge in [0, 0.05) is 17.8 Å². The molecule has 0 aliphatic heterocycles. The summed E-state index contributed by atoms with van der Waals surface area (Å²) in [4.78, 5) is 15.7. The number of pyridine rings is 1. The molecule has 0 atom stereocenters. The van der Waals surface area contributed by atoms with Gasteiger partial charge in [0.1, 0.15) is 11.6 Å². The van der Waals surface area contributed by atoms with Gasteiger partial charge in [-0.25, -0.2) is 4.98 Å². The smallest absolute Gasteiger partial charge is 0.249 e. The van der Waals surface area contributed by atoms with E-state index in [0.717, 1.165) is 5.56 Å². The van der Waals surface area contributed by atoms with Crippen LogP contribution in [0.4, 0.5) is 5.82 Å². The fourth-order valence-electron chi connectivity index (χ4n) is 1.59. The molecule has 0 aliphatic carbocycles. The molecular formula is C15H13ClN2O2. The number of anilines is 1. The van der Waals surface area contributed by atoms with Crippen molar-refractivity contribution in [1.82, 2.24) is 4.98 Å². The van der Waals surface area contributed by atoms with Gasteiger partial charge in [-0.1, -0.05) is 29.8 Å². The molecule has 102 valence electrons. The number of carbonyl (C=O) groups excluding carboxylic acids is 1. The topological polar surface area (TPSA) is 51.2 Å². The molecule has 0 fully saturated rings. The van der Waals surface area contributed by atoms with E-state index in [0.29, 0.717) is 16.6 Å². The minimum Gasteiger partial charge on any atom is -0.496 e. The molecule has 1 aromatic carbocycles. The molecule has 0 bridgehead atoms. The number of halogens is 1. The molecule has 20 heavy (non-hydrogen) atoms. The Morgan fingerprint density at radius 1 is 1.30 bits per heavy atom. The Bertz CT molecular complexity index is 624. The van der Waals surface area contributed by atoms with Crippen LogP contribution in [0.5, 0.6) is 5.75 Å². The monoisotopic (exact) mass is 288 g/mol. The summed E-state index contributed by atoms with van der Waals surface area (Å²) in [7, 11) is 1.59. The van der Waals surface area contributed by atoms with Gasteiger partial charge >= 0.3 is 0 Å². The zero-order valence-corrected chi connectivity index (χ0v) is 11.6. The minimum atomic E-state index is -0.272. The highest BCUT2D eigenvalue weighted by atomic mass is 35.5. The molecule has 1 N–H and O–H groups in total. The quantitative estimate of drug-likeness (QED) is 0.877. The summed E-state index contributed by atoms with van der Waals surface area (Å²) >= 11 is 5.72. The van der Waals surface area contributed by atoms with Gasteiger partial charge in [0.15, 0.2) is 0 Å². The van der Waals surface area contributed by atoms with E-state index in [4.69, 9.17) is 16.3 Å². The Kier molecular flexibility index (Phi) is 4.74. The summed E-state index contributed by atoms with van der Waals surface area (Å²) in [5.41, 5.74) is 0.828. The van der Waals surface area contributed by atoms with Crippen molar-refractivity contribution in [2.45, 2.75) is 0 Å². The molecule has 0 spiro atoms. The van der Waals surface area contributed by atoms with Crippen LogP contribution in [-0.2, 0) is 4.79 Å². The van der Waals surface area contributed by atoms with Gasteiger partial charge in [0.2, 0.25) is 5.91 Å². The summed E-state index contributed by atoms with van der Waals surface area (Å²) in [6, 6.07) is 10.7. The lowest BCUT2D eigenvalue weighted by Crippen LogP contribution is -2.08. The number of hydrogen-bond acceptors (Lipinski definition) is 3. The zero-order valence-electron chi connectivity index (χ0n) is 10.8. The Hall–Kier alpha value is -2.33. The van der Waals surface area contributed by atoms with Crippen LogP contribution in [0.2, 0.25) is 5.02 Å². The summed E-state index contributed by atoms with van der Waals surface area (Å²) in [5, 5.41) is 3.16. The predicted molar refractivity (Wildman–Crippen MR) is 79.9 cm³/mol. The van der Waals surface area contributed by atoms with Crippen molar-refractivity contribution >= 4 is 29.4 Å². The Labute approximate surface area is 122 Å². The molecule has 1 heterocycles. The maximum atomic E-state index is 11.8. The third-order valence-electron chi connectivity index (χ3n) is 2.53. The number of rotatable bonds is 4. The summed E-state index contributed by atoms with van der Waals surface area (Å²) < 4.78 is 5.20. The van der Waals surface area contributed by atoms with E-state index in [1.807, 2.05) is 24.3 Å². The number of ether oxygens (including phenoxy) is 1. The first kappa shape index (κ1) is 14.1. The van der Waals surface area contributed by atoms with E-state index in [1.54, 1.807) is 25.3 Å². The van der Waals surface area contributed by atoms with Gasteiger partial charge in [-0.05, 0) is 24.3 Å². The van der Waals surface area contributed by atoms with Crippen LogP contribution in [0.3, 0.4) is 0 Å². The molecule has 1 aromatic heterocycles. The summed E-state index contributed by atoms with van der Waals surface area (Å²) in [5.74, 6) is 0.885. The fourth-order valence-corrected chi connectivity index (χ4v) is 1.70. The molecule has 2 rings (SSSR count). The maximum absolute atomic E-state index is 11.8. The highest BCUT2D eigenvalue weighted by molar-refractivity contribution is 6.30. The van der Waals surface area contributed by atoms with Crippen molar-refractivity contribution < 1.29 is 9.53 Å². The van der Waals surface area contributed by atoms with Gasteiger partial charge in [-0.15, -0.1) is 0 Å². The van der Waals surface area contributed by atoms with E-state index in [2.05, 4.69) is 10.3 Å². The lowest BCUT2D eigenvalue weighted by atomic mass is 10.2. The second-order valence-corrected chi connectivity index (χ2v) is 4.36. The van der Waals surface area contributed by atoms with Crippen LogP contribution in [0, 0.1) is 0 Å². The third kappa shape index (κ3) is 3.83. The van der Waals surface area contributed by atoms with Crippen LogP contribution in [0.25, 0.3) is 6.08 Å². The molecule has 0 unspecified atom stereocenters. The standard InChI is InChI=1S/C15H13ClN2O2/c1-20-13-5-3-2-4-11(13)6-9-15(19)18-14-8-7-12(16)10-17-14/h2-10H,1H3,(H,17,18,19). The largest absolute Gasteiger partial charge is 0.496 e. The molecule has 4 nitrogen and oxygen atoms in total. The van der Waals surface area contributed by atoms with Crippen LogP contribution >= 0.6 is 11.6 Å². The number of nitrogens with zero attached hydrogens (tertiary/aromatic N) is 1. The second-order valence-electron chi connectivity index (χ2n) is 3.93. The third-order valence-corrected chi connectivity index (χ3v) is 2.76. The van der Waals surface area contributed by atoms with Crippen molar-refractivity contribution in [3.05, 3.63) is 59.3 Å². The van der Waals surface area contributed by atoms with E-state index in [-0.39, 0.29) is 5.91 Å². The van der Waals surface area contributed by atoms with Gasteiger partial charge in [0.05, 0.1) is 12.1 Å². The van der Waals surface area contributed by atoms with Crippen molar-refractivity contribution in [2.75, 3.05) is 12.4 Å². The van der Waals surface area contributed by atoms with Crippen LogP contribution in [0.15, 0.2) is 48.7 Å². The Balaban J connectivity index is 2.04. The number of nitrogens with one attached hydrogen (secondary N) is 1. The molecule has 5 heteroatoms. The van der Waals surface area contributed by atoms with Crippen LogP contribution in [-0.4, -0.2) is 18.0 Å². The number of benzene rings is 1. The van der Waals surface area contributed by atoms with Gasteiger partial charge in [0.25, 0.3) is 0 Å². The lowest BCUT2D eigenvalue weighted by Gasteiger charge is -2.03. The Morgan fingerprint density at radius 2 is 2.10 bits per heavy atom. The first-order valence-corrected chi connectivity index (χ1v) is 6.30. The maximum Gasteiger partial charge on any atom is 0.249 e. The van der Waals surface area contributed by atoms with Crippen molar-refractivity contribution in [1.29, 1.82) is 0 Å².